The zero-order chi connectivity index (χ0) is 15.1. The summed E-state index contributed by atoms with van der Waals surface area (Å²) in [7, 11) is 1.73. The molecule has 1 saturated heterocycles. The third-order valence-electron chi connectivity index (χ3n) is 3.95. The van der Waals surface area contributed by atoms with Crippen molar-refractivity contribution in [3.63, 3.8) is 0 Å². The van der Waals surface area contributed by atoms with Gasteiger partial charge in [-0.15, -0.1) is 24.8 Å². The first-order valence-electron chi connectivity index (χ1n) is 7.57. The van der Waals surface area contributed by atoms with E-state index in [1.54, 1.807) is 19.2 Å². The lowest BCUT2D eigenvalue weighted by atomic mass is 10.0. The Morgan fingerprint density at radius 3 is 2.57 bits per heavy atom. The van der Waals surface area contributed by atoms with E-state index in [4.69, 9.17) is 10.5 Å². The van der Waals surface area contributed by atoms with E-state index in [0.717, 1.165) is 45.5 Å². The molecule has 132 valence electrons. The topological polar surface area (TPSA) is 67.6 Å². The Bertz CT molecular complexity index is 466. The maximum absolute atomic E-state index is 12.2. The molecule has 1 aliphatic heterocycles. The molecule has 3 N–H and O–H groups in total. The first-order valence-corrected chi connectivity index (χ1v) is 7.57. The van der Waals surface area contributed by atoms with Crippen LogP contribution >= 0.6 is 24.8 Å². The number of carbonyl (C=O) groups excluding carboxylic acids is 1. The lowest BCUT2D eigenvalue weighted by Crippen LogP contribution is -2.45. The number of hydrogen-bond donors (Lipinski definition) is 2. The van der Waals surface area contributed by atoms with Crippen LogP contribution in [0.3, 0.4) is 0 Å². The molecule has 1 aliphatic rings. The standard InChI is InChI=1S/C16H25N3O2.2ClH/c1-21-12-4-9-19-10-7-13(8-11-19)18-16(20)14-5-2-3-6-15(14)17;;/h2-3,5-6,13H,4,7-12,17H2,1H3,(H,18,20);2*1H. The van der Waals surface area contributed by atoms with Gasteiger partial charge in [-0.1, -0.05) is 12.1 Å². The van der Waals surface area contributed by atoms with Gasteiger partial charge < -0.3 is 20.7 Å². The fraction of sp³-hybridized carbons (Fsp3) is 0.562. The molecule has 0 saturated carbocycles. The molecule has 5 nitrogen and oxygen atoms in total. The number of ether oxygens (including phenoxy) is 1. The number of hydrogen-bond acceptors (Lipinski definition) is 4. The Labute approximate surface area is 150 Å². The van der Waals surface area contributed by atoms with Crippen molar-refractivity contribution in [2.24, 2.45) is 0 Å². The minimum atomic E-state index is -0.0640. The second-order valence-electron chi connectivity index (χ2n) is 5.52. The highest BCUT2D eigenvalue weighted by atomic mass is 35.5. The largest absolute Gasteiger partial charge is 0.398 e. The van der Waals surface area contributed by atoms with E-state index < -0.39 is 0 Å². The number of nitrogens with zero attached hydrogens (tertiary/aromatic N) is 1. The van der Waals surface area contributed by atoms with Crippen LogP contribution in [0.1, 0.15) is 29.6 Å². The van der Waals surface area contributed by atoms with Crippen LogP contribution in [-0.4, -0.2) is 50.2 Å². The quantitative estimate of drug-likeness (QED) is 0.601. The van der Waals surface area contributed by atoms with Crippen LogP contribution in [0, 0.1) is 0 Å². The van der Waals surface area contributed by atoms with E-state index in [0.29, 0.717) is 11.3 Å². The second kappa shape index (κ2) is 11.5. The average molecular weight is 364 g/mol. The van der Waals surface area contributed by atoms with Gasteiger partial charge in [-0.25, -0.2) is 0 Å². The van der Waals surface area contributed by atoms with Crippen LogP contribution in [0.5, 0.6) is 0 Å². The predicted molar refractivity (Wildman–Crippen MR) is 98.8 cm³/mol. The summed E-state index contributed by atoms with van der Waals surface area (Å²) < 4.78 is 5.07. The van der Waals surface area contributed by atoms with Crippen molar-refractivity contribution in [1.82, 2.24) is 10.2 Å². The zero-order valence-corrected chi connectivity index (χ0v) is 15.1. The molecule has 0 spiro atoms. The Hall–Kier alpha value is -1.01. The summed E-state index contributed by atoms with van der Waals surface area (Å²) in [6.45, 7) is 3.93. The normalized spacial score (nSPS) is 15.3. The van der Waals surface area contributed by atoms with E-state index in [9.17, 15) is 4.79 Å². The van der Waals surface area contributed by atoms with E-state index in [2.05, 4.69) is 10.2 Å². The summed E-state index contributed by atoms with van der Waals surface area (Å²) in [5, 5.41) is 3.09. The van der Waals surface area contributed by atoms with Crippen molar-refractivity contribution in [2.45, 2.75) is 25.3 Å². The minimum absolute atomic E-state index is 0. The van der Waals surface area contributed by atoms with Gasteiger partial charge in [0.15, 0.2) is 0 Å². The number of likely N-dealkylation sites (tertiary alicyclic amines) is 1. The molecule has 0 aliphatic carbocycles. The number of carbonyl (C=O) groups is 1. The maximum Gasteiger partial charge on any atom is 0.253 e. The van der Waals surface area contributed by atoms with E-state index in [1.807, 2.05) is 12.1 Å². The molecule has 1 heterocycles. The highest BCUT2D eigenvalue weighted by Gasteiger charge is 2.21. The highest BCUT2D eigenvalue weighted by molar-refractivity contribution is 5.99. The van der Waals surface area contributed by atoms with Gasteiger partial charge in [0.2, 0.25) is 0 Å². The van der Waals surface area contributed by atoms with Gasteiger partial charge in [0, 0.05) is 45.1 Å². The van der Waals surface area contributed by atoms with Crippen molar-refractivity contribution in [2.75, 3.05) is 39.1 Å². The number of nitrogen functional groups attached to an aromatic ring is 1. The third kappa shape index (κ3) is 6.96. The minimum Gasteiger partial charge on any atom is -0.398 e. The van der Waals surface area contributed by atoms with Gasteiger partial charge >= 0.3 is 0 Å². The van der Waals surface area contributed by atoms with Gasteiger partial charge in [-0.3, -0.25) is 4.79 Å². The molecule has 1 aromatic carbocycles. The Balaban J connectivity index is 0.00000242. The molecule has 0 radical (unpaired) electrons. The summed E-state index contributed by atoms with van der Waals surface area (Å²) in [6, 6.07) is 7.45. The van der Waals surface area contributed by atoms with Gasteiger partial charge in [0.25, 0.3) is 5.91 Å². The number of nitrogens with two attached hydrogens (primary N) is 1. The molecule has 1 aromatic rings. The molecule has 0 bridgehead atoms. The summed E-state index contributed by atoms with van der Waals surface area (Å²) in [5.74, 6) is -0.0640. The number of benzene rings is 1. The fourth-order valence-corrected chi connectivity index (χ4v) is 2.70. The number of anilines is 1. The zero-order valence-electron chi connectivity index (χ0n) is 13.5. The van der Waals surface area contributed by atoms with E-state index >= 15 is 0 Å². The number of rotatable bonds is 6. The first-order chi connectivity index (χ1) is 10.2. The lowest BCUT2D eigenvalue weighted by molar-refractivity contribution is 0.0908. The summed E-state index contributed by atoms with van der Waals surface area (Å²) in [5.41, 5.74) is 6.94. The molecule has 2 rings (SSSR count). The van der Waals surface area contributed by atoms with E-state index in [1.165, 1.54) is 0 Å². The number of piperidine rings is 1. The molecular formula is C16H27Cl2N3O2. The maximum atomic E-state index is 12.2. The number of nitrogens with one attached hydrogen (secondary N) is 1. The molecular weight excluding hydrogens is 337 g/mol. The van der Waals surface area contributed by atoms with Gasteiger partial charge in [0.05, 0.1) is 5.56 Å². The number of halogens is 2. The summed E-state index contributed by atoms with van der Waals surface area (Å²) in [6.07, 6.45) is 3.05. The summed E-state index contributed by atoms with van der Waals surface area (Å²) in [4.78, 5) is 14.6. The van der Waals surface area contributed by atoms with Gasteiger partial charge in [0.1, 0.15) is 0 Å². The molecule has 0 aromatic heterocycles. The Kier molecular flexibility index (Phi) is 11.0. The Morgan fingerprint density at radius 2 is 1.96 bits per heavy atom. The SMILES string of the molecule is COCCCN1CCC(NC(=O)c2ccccc2N)CC1.Cl.Cl. The van der Waals surface area contributed by atoms with E-state index in [-0.39, 0.29) is 36.8 Å². The fourth-order valence-electron chi connectivity index (χ4n) is 2.70. The monoisotopic (exact) mass is 363 g/mol. The van der Waals surface area contributed by atoms with Gasteiger partial charge in [-0.05, 0) is 31.4 Å². The second-order valence-corrected chi connectivity index (χ2v) is 5.52. The number of methoxy groups -OCH3 is 1. The third-order valence-corrected chi connectivity index (χ3v) is 3.95. The molecule has 7 heteroatoms. The van der Waals surface area contributed by atoms with Crippen molar-refractivity contribution in [1.29, 1.82) is 0 Å². The van der Waals surface area contributed by atoms with Crippen LogP contribution in [0.25, 0.3) is 0 Å². The smallest absolute Gasteiger partial charge is 0.253 e. The molecule has 0 unspecified atom stereocenters. The average Bonchev–Trinajstić information content (AvgIpc) is 2.49. The van der Waals surface area contributed by atoms with Crippen molar-refractivity contribution in [3.8, 4) is 0 Å². The molecule has 0 atom stereocenters. The number of amides is 1. The van der Waals surface area contributed by atoms with Crippen LogP contribution in [0.4, 0.5) is 5.69 Å². The molecule has 23 heavy (non-hydrogen) atoms. The van der Waals surface area contributed by atoms with Crippen molar-refractivity contribution >= 4 is 36.4 Å². The molecule has 1 fully saturated rings. The lowest BCUT2D eigenvalue weighted by Gasteiger charge is -2.32. The van der Waals surface area contributed by atoms with Gasteiger partial charge in [-0.2, -0.15) is 0 Å². The number of para-hydroxylation sites is 1. The van der Waals surface area contributed by atoms with Crippen LogP contribution < -0.4 is 11.1 Å². The van der Waals surface area contributed by atoms with Crippen LogP contribution in [0.15, 0.2) is 24.3 Å². The Morgan fingerprint density at radius 1 is 1.30 bits per heavy atom. The van der Waals surface area contributed by atoms with Crippen LogP contribution in [-0.2, 0) is 4.74 Å². The highest BCUT2D eigenvalue weighted by Crippen LogP contribution is 2.14. The first kappa shape index (κ1) is 22.0. The summed E-state index contributed by atoms with van der Waals surface area (Å²) >= 11 is 0. The van der Waals surface area contributed by atoms with Crippen LogP contribution in [0.2, 0.25) is 0 Å². The van der Waals surface area contributed by atoms with Crippen molar-refractivity contribution in [3.05, 3.63) is 29.8 Å². The molecule has 1 amide bonds. The van der Waals surface area contributed by atoms with Crippen molar-refractivity contribution < 1.29 is 9.53 Å². The predicted octanol–water partition coefficient (Wildman–Crippen LogP) is 2.34.